The van der Waals surface area contributed by atoms with Crippen molar-refractivity contribution in [3.05, 3.63) is 71.5 Å². The number of carbonyl (C=O) groups is 1. The molecule has 1 amide bonds. The summed E-state index contributed by atoms with van der Waals surface area (Å²) in [6, 6.07) is 13.9. The quantitative estimate of drug-likeness (QED) is 0.759. The van der Waals surface area contributed by atoms with Crippen molar-refractivity contribution in [2.75, 3.05) is 18.0 Å². The molecule has 0 aliphatic carbocycles. The number of thiazole rings is 1. The molecular formula is C20H18FN3OS. The molecule has 26 heavy (non-hydrogen) atoms. The molecule has 0 spiro atoms. The van der Waals surface area contributed by atoms with Gasteiger partial charge < -0.3 is 10.2 Å². The van der Waals surface area contributed by atoms with Crippen LogP contribution in [0.1, 0.15) is 16.8 Å². The van der Waals surface area contributed by atoms with E-state index in [9.17, 15) is 9.18 Å². The van der Waals surface area contributed by atoms with Crippen molar-refractivity contribution in [3.8, 4) is 11.1 Å². The van der Waals surface area contributed by atoms with E-state index in [1.54, 1.807) is 29.7 Å². The van der Waals surface area contributed by atoms with Crippen molar-refractivity contribution >= 4 is 22.4 Å². The Hall–Kier alpha value is -2.73. The van der Waals surface area contributed by atoms with E-state index in [2.05, 4.69) is 15.2 Å². The molecule has 1 saturated heterocycles. The minimum absolute atomic E-state index is 0.0679. The third kappa shape index (κ3) is 3.60. The number of nitrogens with zero attached hydrogens (tertiary/aromatic N) is 2. The predicted octanol–water partition coefficient (Wildman–Crippen LogP) is 3.96. The lowest BCUT2D eigenvalue weighted by molar-refractivity contribution is 0.0940. The molecule has 2 heterocycles. The van der Waals surface area contributed by atoms with E-state index < -0.39 is 0 Å². The summed E-state index contributed by atoms with van der Waals surface area (Å²) in [7, 11) is 0. The topological polar surface area (TPSA) is 45.2 Å². The van der Waals surface area contributed by atoms with Gasteiger partial charge in [0, 0.05) is 36.3 Å². The van der Waals surface area contributed by atoms with Gasteiger partial charge in [-0.25, -0.2) is 9.37 Å². The molecule has 1 N–H and O–H groups in total. The molecule has 6 heteroatoms. The molecular weight excluding hydrogens is 349 g/mol. The van der Waals surface area contributed by atoms with E-state index >= 15 is 0 Å². The molecule has 132 valence electrons. The third-order valence-corrected chi connectivity index (χ3v) is 5.37. The minimum Gasteiger partial charge on any atom is -0.347 e. The zero-order chi connectivity index (χ0) is 17.9. The minimum atomic E-state index is -0.256. The van der Waals surface area contributed by atoms with Crippen molar-refractivity contribution in [1.82, 2.24) is 10.3 Å². The Morgan fingerprint density at radius 2 is 1.81 bits per heavy atom. The Kier molecular flexibility index (Phi) is 4.67. The zero-order valence-corrected chi connectivity index (χ0v) is 14.9. The number of nitrogens with one attached hydrogen (secondary N) is 1. The summed E-state index contributed by atoms with van der Waals surface area (Å²) >= 11 is 1.62. The van der Waals surface area contributed by atoms with Crippen LogP contribution in [0.3, 0.4) is 0 Å². The van der Waals surface area contributed by atoms with Crippen LogP contribution in [0.4, 0.5) is 9.52 Å². The van der Waals surface area contributed by atoms with E-state index in [1.807, 2.05) is 29.6 Å². The van der Waals surface area contributed by atoms with Gasteiger partial charge in [0.2, 0.25) is 0 Å². The first-order valence-corrected chi connectivity index (χ1v) is 9.38. The van der Waals surface area contributed by atoms with Crippen LogP contribution < -0.4 is 10.2 Å². The highest BCUT2D eigenvalue weighted by molar-refractivity contribution is 7.13. The summed E-state index contributed by atoms with van der Waals surface area (Å²) in [4.78, 5) is 19.0. The van der Waals surface area contributed by atoms with Crippen molar-refractivity contribution < 1.29 is 9.18 Å². The van der Waals surface area contributed by atoms with E-state index in [1.165, 1.54) is 12.1 Å². The second-order valence-corrected chi connectivity index (χ2v) is 7.18. The van der Waals surface area contributed by atoms with Crippen LogP contribution in [-0.4, -0.2) is 30.0 Å². The van der Waals surface area contributed by atoms with Gasteiger partial charge in [-0.15, -0.1) is 11.3 Å². The smallest absolute Gasteiger partial charge is 0.251 e. The maximum absolute atomic E-state index is 13.0. The number of carbonyl (C=O) groups excluding carboxylic acids is 1. The van der Waals surface area contributed by atoms with Gasteiger partial charge in [-0.1, -0.05) is 24.3 Å². The van der Waals surface area contributed by atoms with Crippen molar-refractivity contribution in [1.29, 1.82) is 0 Å². The summed E-state index contributed by atoms with van der Waals surface area (Å²) in [5, 5.41) is 6.07. The zero-order valence-electron chi connectivity index (χ0n) is 14.1. The highest BCUT2D eigenvalue weighted by atomic mass is 32.1. The molecule has 0 saturated carbocycles. The number of hydrogen-bond donors (Lipinski definition) is 1. The van der Waals surface area contributed by atoms with Crippen LogP contribution >= 0.6 is 11.3 Å². The van der Waals surface area contributed by atoms with E-state index in [4.69, 9.17) is 0 Å². The Balaban J connectivity index is 1.38. The standard InChI is InChI=1S/C20H18FN3OS/c21-17-7-5-15(6-8-17)14-1-3-16(4-2-14)19(25)23-18-9-11-24(13-18)20-22-10-12-26-20/h1-8,10,12,18H,9,11,13H2,(H,23,25). The predicted molar refractivity (Wildman–Crippen MR) is 102 cm³/mol. The van der Waals surface area contributed by atoms with Crippen LogP contribution in [0.25, 0.3) is 11.1 Å². The third-order valence-electron chi connectivity index (χ3n) is 4.54. The number of amides is 1. The van der Waals surface area contributed by atoms with E-state index in [0.717, 1.165) is 35.8 Å². The second kappa shape index (κ2) is 7.25. The molecule has 0 bridgehead atoms. The SMILES string of the molecule is O=C(NC1CCN(c2nccs2)C1)c1ccc(-c2ccc(F)cc2)cc1. The van der Waals surface area contributed by atoms with Gasteiger partial charge in [0.1, 0.15) is 5.82 Å². The van der Waals surface area contributed by atoms with Gasteiger partial charge in [-0.3, -0.25) is 4.79 Å². The largest absolute Gasteiger partial charge is 0.347 e. The van der Waals surface area contributed by atoms with E-state index in [-0.39, 0.29) is 17.8 Å². The molecule has 2 aromatic carbocycles. The molecule has 4 nitrogen and oxygen atoms in total. The summed E-state index contributed by atoms with van der Waals surface area (Å²) in [6.45, 7) is 1.69. The Morgan fingerprint density at radius 1 is 1.12 bits per heavy atom. The molecule has 0 radical (unpaired) electrons. The highest BCUT2D eigenvalue weighted by Gasteiger charge is 2.25. The van der Waals surface area contributed by atoms with Crippen LogP contribution in [0.2, 0.25) is 0 Å². The maximum Gasteiger partial charge on any atom is 0.251 e. The van der Waals surface area contributed by atoms with Crippen LogP contribution in [0.5, 0.6) is 0 Å². The molecule has 1 unspecified atom stereocenters. The van der Waals surface area contributed by atoms with Crippen molar-refractivity contribution in [3.63, 3.8) is 0 Å². The first kappa shape index (κ1) is 16.7. The van der Waals surface area contributed by atoms with Gasteiger partial charge in [0.15, 0.2) is 5.13 Å². The molecule has 1 atom stereocenters. The number of anilines is 1. The van der Waals surface area contributed by atoms with E-state index in [0.29, 0.717) is 5.56 Å². The normalized spacial score (nSPS) is 16.7. The number of rotatable bonds is 4. The molecule has 3 aromatic rings. The average molecular weight is 367 g/mol. The second-order valence-electron chi connectivity index (χ2n) is 6.30. The van der Waals surface area contributed by atoms with Crippen LogP contribution in [0.15, 0.2) is 60.1 Å². The fourth-order valence-corrected chi connectivity index (χ4v) is 3.83. The molecule has 1 aliphatic heterocycles. The number of halogens is 1. The summed E-state index contributed by atoms with van der Waals surface area (Å²) in [5.41, 5.74) is 2.51. The van der Waals surface area contributed by atoms with Gasteiger partial charge in [-0.2, -0.15) is 0 Å². The first-order valence-electron chi connectivity index (χ1n) is 8.50. The highest BCUT2D eigenvalue weighted by Crippen LogP contribution is 2.23. The van der Waals surface area contributed by atoms with Gasteiger partial charge in [0.25, 0.3) is 5.91 Å². The molecule has 1 aliphatic rings. The summed E-state index contributed by atoms with van der Waals surface area (Å²) in [5.74, 6) is -0.324. The fourth-order valence-electron chi connectivity index (χ4n) is 3.15. The number of hydrogen-bond acceptors (Lipinski definition) is 4. The monoisotopic (exact) mass is 367 g/mol. The fraction of sp³-hybridized carbons (Fsp3) is 0.200. The Labute approximate surface area is 155 Å². The van der Waals surface area contributed by atoms with Gasteiger partial charge in [-0.05, 0) is 41.8 Å². The van der Waals surface area contributed by atoms with Gasteiger partial charge in [0.05, 0.1) is 0 Å². The van der Waals surface area contributed by atoms with Gasteiger partial charge >= 0.3 is 0 Å². The van der Waals surface area contributed by atoms with Crippen molar-refractivity contribution in [2.24, 2.45) is 0 Å². The molecule has 4 rings (SSSR count). The lowest BCUT2D eigenvalue weighted by atomic mass is 10.0. The molecule has 1 fully saturated rings. The summed E-state index contributed by atoms with van der Waals surface area (Å²) < 4.78 is 13.0. The molecule has 1 aromatic heterocycles. The van der Waals surface area contributed by atoms with Crippen LogP contribution in [-0.2, 0) is 0 Å². The number of aromatic nitrogens is 1. The Morgan fingerprint density at radius 3 is 2.46 bits per heavy atom. The summed E-state index contributed by atoms with van der Waals surface area (Å²) in [6.07, 6.45) is 2.72. The Bertz CT molecular complexity index is 878. The number of benzene rings is 2. The lowest BCUT2D eigenvalue weighted by Crippen LogP contribution is -2.37. The lowest BCUT2D eigenvalue weighted by Gasteiger charge is -2.16. The van der Waals surface area contributed by atoms with Crippen LogP contribution in [0, 0.1) is 5.82 Å². The maximum atomic E-state index is 13.0. The average Bonchev–Trinajstić information content (AvgIpc) is 3.34. The van der Waals surface area contributed by atoms with Crippen molar-refractivity contribution in [2.45, 2.75) is 12.5 Å². The first-order chi connectivity index (χ1) is 12.7.